The Hall–Kier alpha value is -1.39. The molecular formula is C14H19ClN4. The van der Waals surface area contributed by atoms with Gasteiger partial charge in [-0.1, -0.05) is 11.6 Å². The van der Waals surface area contributed by atoms with Crippen LogP contribution in [0, 0.1) is 6.92 Å². The molecule has 2 N–H and O–H groups in total. The van der Waals surface area contributed by atoms with Gasteiger partial charge in [-0.3, -0.25) is 0 Å². The second-order valence-corrected chi connectivity index (χ2v) is 6.02. The van der Waals surface area contributed by atoms with Gasteiger partial charge in [0.1, 0.15) is 5.82 Å². The highest BCUT2D eigenvalue weighted by atomic mass is 35.5. The van der Waals surface area contributed by atoms with E-state index in [9.17, 15) is 0 Å². The van der Waals surface area contributed by atoms with Gasteiger partial charge in [-0.05, 0) is 51.5 Å². The lowest BCUT2D eigenvalue weighted by molar-refractivity contribution is 0.386. The molecule has 0 aliphatic rings. The average Bonchev–Trinajstić information content (AvgIpc) is 2.76. The van der Waals surface area contributed by atoms with E-state index in [1.165, 1.54) is 0 Å². The van der Waals surface area contributed by atoms with E-state index in [0.29, 0.717) is 6.54 Å². The predicted octanol–water partition coefficient (Wildman–Crippen LogP) is 3.12. The highest BCUT2D eigenvalue weighted by molar-refractivity contribution is 6.31. The van der Waals surface area contributed by atoms with Gasteiger partial charge in [0.2, 0.25) is 0 Å². The van der Waals surface area contributed by atoms with E-state index >= 15 is 0 Å². The molecule has 1 heterocycles. The van der Waals surface area contributed by atoms with Gasteiger partial charge >= 0.3 is 0 Å². The van der Waals surface area contributed by atoms with Gasteiger partial charge in [0, 0.05) is 16.1 Å². The van der Waals surface area contributed by atoms with Crippen LogP contribution >= 0.6 is 11.6 Å². The molecule has 0 radical (unpaired) electrons. The third kappa shape index (κ3) is 2.65. The first-order valence-corrected chi connectivity index (χ1v) is 6.63. The molecule has 2 rings (SSSR count). The van der Waals surface area contributed by atoms with E-state index in [0.717, 1.165) is 27.8 Å². The van der Waals surface area contributed by atoms with Crippen LogP contribution in [0.5, 0.6) is 0 Å². The molecule has 1 aromatic heterocycles. The third-order valence-corrected chi connectivity index (χ3v) is 3.42. The molecule has 0 atom stereocenters. The molecule has 0 spiro atoms. The summed E-state index contributed by atoms with van der Waals surface area (Å²) in [6, 6.07) is 5.87. The molecule has 0 saturated carbocycles. The van der Waals surface area contributed by atoms with E-state index < -0.39 is 0 Å². The zero-order valence-electron chi connectivity index (χ0n) is 11.7. The van der Waals surface area contributed by atoms with E-state index in [1.54, 1.807) is 0 Å². The second kappa shape index (κ2) is 4.94. The van der Waals surface area contributed by atoms with Crippen LogP contribution < -0.4 is 5.73 Å². The lowest BCUT2D eigenvalue weighted by Crippen LogP contribution is -2.26. The quantitative estimate of drug-likeness (QED) is 0.918. The Morgan fingerprint density at radius 3 is 2.47 bits per heavy atom. The minimum Gasteiger partial charge on any atom is -0.324 e. The first-order valence-electron chi connectivity index (χ1n) is 6.26. The third-order valence-electron chi connectivity index (χ3n) is 3.00. The Bertz CT molecular complexity index is 596. The lowest BCUT2D eigenvalue weighted by atomic mass is 10.1. The molecule has 0 fully saturated rings. The molecule has 19 heavy (non-hydrogen) atoms. The minimum absolute atomic E-state index is 0.124. The van der Waals surface area contributed by atoms with Crippen molar-refractivity contribution in [2.24, 2.45) is 5.73 Å². The number of aryl methyl sites for hydroxylation is 1. The number of benzene rings is 1. The second-order valence-electron chi connectivity index (χ2n) is 5.61. The van der Waals surface area contributed by atoms with Crippen molar-refractivity contribution >= 4 is 11.6 Å². The van der Waals surface area contributed by atoms with Crippen molar-refractivity contribution in [2.45, 2.75) is 39.8 Å². The van der Waals surface area contributed by atoms with Gasteiger partial charge in [-0.15, -0.1) is 10.2 Å². The largest absolute Gasteiger partial charge is 0.324 e. The molecule has 0 amide bonds. The Morgan fingerprint density at radius 2 is 1.95 bits per heavy atom. The first kappa shape index (κ1) is 14.0. The average molecular weight is 279 g/mol. The number of nitrogens with zero attached hydrogens (tertiary/aromatic N) is 3. The number of hydrogen-bond donors (Lipinski definition) is 1. The summed E-state index contributed by atoms with van der Waals surface area (Å²) in [5.41, 5.74) is 7.65. The van der Waals surface area contributed by atoms with Crippen LogP contribution in [0.3, 0.4) is 0 Å². The number of hydrogen-bond acceptors (Lipinski definition) is 3. The SMILES string of the molecule is Cc1cc(-c2nnc(CN)n2C(C)(C)C)ccc1Cl. The van der Waals surface area contributed by atoms with Crippen molar-refractivity contribution in [1.82, 2.24) is 14.8 Å². The zero-order chi connectivity index (χ0) is 14.2. The highest BCUT2D eigenvalue weighted by Crippen LogP contribution is 2.28. The standard InChI is InChI=1S/C14H19ClN4/c1-9-7-10(5-6-11(9)15)13-18-17-12(8-16)19(13)14(2,3)4/h5-7H,8,16H2,1-4H3. The van der Waals surface area contributed by atoms with Gasteiger partial charge in [0.15, 0.2) is 5.82 Å². The van der Waals surface area contributed by atoms with E-state index in [1.807, 2.05) is 25.1 Å². The molecule has 1 aromatic carbocycles. The molecule has 2 aromatic rings. The van der Waals surface area contributed by atoms with Crippen molar-refractivity contribution in [3.05, 3.63) is 34.6 Å². The maximum Gasteiger partial charge on any atom is 0.164 e. The van der Waals surface area contributed by atoms with Crippen molar-refractivity contribution in [1.29, 1.82) is 0 Å². The van der Waals surface area contributed by atoms with Crippen molar-refractivity contribution in [3.63, 3.8) is 0 Å². The molecule has 0 aliphatic carbocycles. The number of aromatic nitrogens is 3. The summed E-state index contributed by atoms with van der Waals surface area (Å²) in [4.78, 5) is 0. The van der Waals surface area contributed by atoms with Crippen LogP contribution in [-0.4, -0.2) is 14.8 Å². The number of rotatable bonds is 2. The van der Waals surface area contributed by atoms with Crippen LogP contribution in [0.2, 0.25) is 5.02 Å². The lowest BCUT2D eigenvalue weighted by Gasteiger charge is -2.24. The Morgan fingerprint density at radius 1 is 1.26 bits per heavy atom. The van der Waals surface area contributed by atoms with E-state index in [4.69, 9.17) is 17.3 Å². The molecule has 0 unspecified atom stereocenters. The fourth-order valence-electron chi connectivity index (χ4n) is 2.12. The van der Waals surface area contributed by atoms with Gasteiger partial charge in [-0.2, -0.15) is 0 Å². The smallest absolute Gasteiger partial charge is 0.164 e. The molecule has 0 aliphatic heterocycles. The Labute approximate surface area is 118 Å². The predicted molar refractivity (Wildman–Crippen MR) is 78.1 cm³/mol. The molecule has 102 valence electrons. The summed E-state index contributed by atoms with van der Waals surface area (Å²) >= 11 is 6.07. The molecule has 0 bridgehead atoms. The van der Waals surface area contributed by atoms with Crippen LogP contribution in [0.4, 0.5) is 0 Å². The summed E-state index contributed by atoms with van der Waals surface area (Å²) in [7, 11) is 0. The topological polar surface area (TPSA) is 56.7 Å². The summed E-state index contributed by atoms with van der Waals surface area (Å²) < 4.78 is 2.08. The highest BCUT2D eigenvalue weighted by Gasteiger charge is 2.23. The minimum atomic E-state index is -0.124. The van der Waals surface area contributed by atoms with Crippen LogP contribution in [0.25, 0.3) is 11.4 Å². The maximum absolute atomic E-state index is 6.07. The summed E-state index contributed by atoms with van der Waals surface area (Å²) in [5, 5.41) is 9.22. The van der Waals surface area contributed by atoms with E-state index in [2.05, 4.69) is 35.5 Å². The van der Waals surface area contributed by atoms with Gasteiger partial charge in [0.05, 0.1) is 6.54 Å². The molecule has 5 heteroatoms. The summed E-state index contributed by atoms with van der Waals surface area (Å²) in [5.74, 6) is 1.61. The van der Waals surface area contributed by atoms with Crippen LogP contribution in [0.15, 0.2) is 18.2 Å². The first-order chi connectivity index (χ1) is 8.84. The van der Waals surface area contributed by atoms with Crippen LogP contribution in [-0.2, 0) is 12.1 Å². The Kier molecular flexibility index (Phi) is 3.65. The maximum atomic E-state index is 6.07. The normalized spacial score (nSPS) is 11.9. The summed E-state index contributed by atoms with van der Waals surface area (Å²) in [6.45, 7) is 8.69. The fraction of sp³-hybridized carbons (Fsp3) is 0.429. The Balaban J connectivity index is 2.62. The van der Waals surface area contributed by atoms with Crippen molar-refractivity contribution < 1.29 is 0 Å². The van der Waals surface area contributed by atoms with Crippen molar-refractivity contribution in [2.75, 3.05) is 0 Å². The van der Waals surface area contributed by atoms with Gasteiger partial charge < -0.3 is 10.3 Å². The van der Waals surface area contributed by atoms with Crippen LogP contribution in [0.1, 0.15) is 32.2 Å². The monoisotopic (exact) mass is 278 g/mol. The van der Waals surface area contributed by atoms with Gasteiger partial charge in [0.25, 0.3) is 0 Å². The number of halogens is 1. The fourth-order valence-corrected chi connectivity index (χ4v) is 2.24. The summed E-state index contributed by atoms with van der Waals surface area (Å²) in [6.07, 6.45) is 0. The molecule has 4 nitrogen and oxygen atoms in total. The van der Waals surface area contributed by atoms with E-state index in [-0.39, 0.29) is 5.54 Å². The van der Waals surface area contributed by atoms with Crippen molar-refractivity contribution in [3.8, 4) is 11.4 Å². The van der Waals surface area contributed by atoms with Gasteiger partial charge in [-0.25, -0.2) is 0 Å². The number of nitrogens with two attached hydrogens (primary N) is 1. The molecular weight excluding hydrogens is 260 g/mol. The molecule has 0 saturated heterocycles. The zero-order valence-corrected chi connectivity index (χ0v) is 12.5.